The second-order valence-electron chi connectivity index (χ2n) is 15.6. The van der Waals surface area contributed by atoms with Crippen LogP contribution in [0, 0.1) is 0 Å². The van der Waals surface area contributed by atoms with Gasteiger partial charge in [-0.25, -0.2) is 0 Å². The third-order valence-electron chi connectivity index (χ3n) is 12.9. The first-order valence-electron chi connectivity index (χ1n) is 20.4. The third kappa shape index (κ3) is 5.61. The first kappa shape index (κ1) is 35.3. The molecule has 0 amide bonds. The second kappa shape index (κ2) is 14.1. The van der Waals surface area contributed by atoms with Crippen molar-refractivity contribution in [3.8, 4) is 44.9 Å². The van der Waals surface area contributed by atoms with E-state index in [2.05, 4.69) is 176 Å². The molecule has 0 saturated carbocycles. The van der Waals surface area contributed by atoms with Crippen LogP contribution in [0.1, 0.15) is 54.5 Å². The molecular weight excluding hydrogens is 699 g/mol. The Kier molecular flexibility index (Phi) is 8.76. The largest absolute Gasteiger partial charge is 0.497 e. The summed E-state index contributed by atoms with van der Waals surface area (Å²) < 4.78 is 19.3. The lowest BCUT2D eigenvalue weighted by atomic mass is 9.70. The highest BCUT2D eigenvalue weighted by atomic mass is 16.5. The Hall–Kier alpha value is -6.10. The fourth-order valence-electron chi connectivity index (χ4n) is 9.87. The number of methoxy groups -OCH3 is 1. The molecule has 57 heavy (non-hydrogen) atoms. The minimum Gasteiger partial charge on any atom is -0.497 e. The number of fused-ring (bicyclic) bond motifs is 8. The topological polar surface area (TPSA) is 30.9 Å². The molecule has 1 unspecified atom stereocenters. The molecule has 1 fully saturated rings. The Morgan fingerprint density at radius 1 is 0.632 bits per heavy atom. The molecule has 10 rings (SSSR count). The molecule has 0 N–H and O–H groups in total. The van der Waals surface area contributed by atoms with Crippen LogP contribution in [0.15, 0.2) is 152 Å². The first-order valence-corrected chi connectivity index (χ1v) is 20.4. The fourth-order valence-corrected chi connectivity index (χ4v) is 9.87. The number of benzene rings is 7. The molecule has 4 nitrogen and oxygen atoms in total. The molecule has 0 aromatic heterocycles. The number of hydrogen-bond donors (Lipinski definition) is 0. The van der Waals surface area contributed by atoms with Gasteiger partial charge in [0.1, 0.15) is 11.5 Å². The van der Waals surface area contributed by atoms with Crippen LogP contribution in [0.2, 0.25) is 0 Å². The number of morpholine rings is 1. The van der Waals surface area contributed by atoms with Crippen LogP contribution in [-0.4, -0.2) is 33.4 Å². The highest BCUT2D eigenvalue weighted by Gasteiger charge is 2.47. The van der Waals surface area contributed by atoms with E-state index in [1.165, 1.54) is 55.6 Å². The van der Waals surface area contributed by atoms with Crippen LogP contribution in [0.4, 0.5) is 5.69 Å². The first-order chi connectivity index (χ1) is 28.1. The van der Waals surface area contributed by atoms with Crippen molar-refractivity contribution in [2.45, 2.75) is 37.7 Å². The molecule has 2 heterocycles. The van der Waals surface area contributed by atoms with E-state index in [0.29, 0.717) is 0 Å². The van der Waals surface area contributed by atoms with Gasteiger partial charge < -0.3 is 19.1 Å². The average Bonchev–Trinajstić information content (AvgIpc) is 3.59. The fraction of sp³-hybridized carbons (Fsp3) is 0.208. The van der Waals surface area contributed by atoms with Crippen LogP contribution in [0.25, 0.3) is 50.2 Å². The summed E-state index contributed by atoms with van der Waals surface area (Å²) in [7, 11) is 1.75. The second-order valence-corrected chi connectivity index (χ2v) is 15.6. The Morgan fingerprint density at radius 3 is 1.89 bits per heavy atom. The molecule has 1 atom stereocenters. The summed E-state index contributed by atoms with van der Waals surface area (Å²) in [6.07, 6.45) is 6.64. The van der Waals surface area contributed by atoms with Crippen molar-refractivity contribution in [1.82, 2.24) is 0 Å². The summed E-state index contributed by atoms with van der Waals surface area (Å²) in [6.45, 7) is 7.98. The molecule has 7 aromatic carbocycles. The van der Waals surface area contributed by atoms with Crippen LogP contribution < -0.4 is 14.4 Å². The molecule has 2 aliphatic heterocycles. The van der Waals surface area contributed by atoms with Crippen molar-refractivity contribution >= 4 is 22.5 Å². The molecule has 0 spiro atoms. The van der Waals surface area contributed by atoms with Crippen molar-refractivity contribution < 1.29 is 14.2 Å². The van der Waals surface area contributed by atoms with E-state index < -0.39 is 5.60 Å². The summed E-state index contributed by atoms with van der Waals surface area (Å²) in [6, 6.07) is 52.9. The maximum atomic E-state index is 7.76. The van der Waals surface area contributed by atoms with Gasteiger partial charge in [-0.2, -0.15) is 0 Å². The van der Waals surface area contributed by atoms with Crippen LogP contribution >= 0.6 is 0 Å². The van der Waals surface area contributed by atoms with Crippen molar-refractivity contribution in [1.29, 1.82) is 0 Å². The van der Waals surface area contributed by atoms with Crippen LogP contribution in [-0.2, 0) is 15.8 Å². The van der Waals surface area contributed by atoms with Crippen molar-refractivity contribution in [2.75, 3.05) is 38.3 Å². The smallest absolute Gasteiger partial charge is 0.178 e. The SMILES string of the molecule is CCC1(CC)c2cc(-c3ccccc3)ccc2-c2c1c1c(c3cc(OC)ccc23)OC(c2ccc(-c3ccccc3)cc2)(c2ccc(N3CCOCC3)cc2)C=C1. The van der Waals surface area contributed by atoms with Crippen molar-refractivity contribution in [3.63, 3.8) is 0 Å². The zero-order valence-electron chi connectivity index (χ0n) is 32.9. The Bertz CT molecular complexity index is 2620. The lowest BCUT2D eigenvalue weighted by Crippen LogP contribution is -2.37. The highest BCUT2D eigenvalue weighted by Crippen LogP contribution is 2.61. The standard InChI is InChI=1S/C53H47NO3/c1-4-52(5-2)48-34-39(37-14-10-7-11-15-37)18-26-45(48)49-44-27-25-43(55-3)35-47(44)51-46(50(49)52)28-29-53(57-51,40-19-16-38(17-20-40)36-12-8-6-9-13-36)41-21-23-42(24-22-41)54-30-32-56-33-31-54/h6-29,34-35H,4-5,30-33H2,1-3H3. The number of nitrogens with zero attached hydrogens (tertiary/aromatic N) is 1. The van der Waals surface area contributed by atoms with Gasteiger partial charge in [0, 0.05) is 46.3 Å². The summed E-state index contributed by atoms with van der Waals surface area (Å²) in [5.74, 6) is 1.71. The molecule has 282 valence electrons. The molecular formula is C53H47NO3. The number of ether oxygens (including phenoxy) is 3. The Morgan fingerprint density at radius 2 is 1.25 bits per heavy atom. The summed E-state index contributed by atoms with van der Waals surface area (Å²) in [5.41, 5.74) is 13.7. The van der Waals surface area contributed by atoms with E-state index in [-0.39, 0.29) is 5.41 Å². The molecule has 0 radical (unpaired) electrons. The van der Waals surface area contributed by atoms with E-state index in [9.17, 15) is 0 Å². The molecule has 1 saturated heterocycles. The lowest BCUT2D eigenvalue weighted by Gasteiger charge is -2.39. The highest BCUT2D eigenvalue weighted by molar-refractivity contribution is 6.09. The summed E-state index contributed by atoms with van der Waals surface area (Å²) >= 11 is 0. The van der Waals surface area contributed by atoms with E-state index in [0.717, 1.165) is 72.7 Å². The predicted molar refractivity (Wildman–Crippen MR) is 235 cm³/mol. The number of anilines is 1. The molecule has 4 heteroatoms. The molecule has 3 aliphatic rings. The summed E-state index contributed by atoms with van der Waals surface area (Å²) in [4.78, 5) is 2.40. The van der Waals surface area contributed by atoms with Gasteiger partial charge >= 0.3 is 0 Å². The Balaban J connectivity index is 1.20. The van der Waals surface area contributed by atoms with Gasteiger partial charge in [-0.05, 0) is 105 Å². The summed E-state index contributed by atoms with van der Waals surface area (Å²) in [5, 5.41) is 2.25. The van der Waals surface area contributed by atoms with Crippen LogP contribution in [0.5, 0.6) is 11.5 Å². The molecule has 0 bridgehead atoms. The normalized spacial score (nSPS) is 17.8. The maximum Gasteiger partial charge on any atom is 0.178 e. The third-order valence-corrected chi connectivity index (χ3v) is 12.9. The van der Waals surface area contributed by atoms with Gasteiger partial charge in [-0.1, -0.05) is 129 Å². The van der Waals surface area contributed by atoms with Gasteiger partial charge in [-0.15, -0.1) is 0 Å². The zero-order valence-corrected chi connectivity index (χ0v) is 32.9. The number of hydrogen-bond acceptors (Lipinski definition) is 4. The van der Waals surface area contributed by atoms with Gasteiger partial charge in [0.25, 0.3) is 0 Å². The zero-order chi connectivity index (χ0) is 38.6. The minimum absolute atomic E-state index is 0.196. The van der Waals surface area contributed by atoms with E-state index in [1.807, 2.05) is 0 Å². The average molecular weight is 746 g/mol. The number of rotatable bonds is 8. The van der Waals surface area contributed by atoms with E-state index in [4.69, 9.17) is 14.2 Å². The monoisotopic (exact) mass is 745 g/mol. The van der Waals surface area contributed by atoms with Gasteiger partial charge in [-0.3, -0.25) is 0 Å². The maximum absolute atomic E-state index is 7.76. The van der Waals surface area contributed by atoms with Gasteiger partial charge in [0.2, 0.25) is 0 Å². The lowest BCUT2D eigenvalue weighted by molar-refractivity contribution is 0.122. The van der Waals surface area contributed by atoms with Gasteiger partial charge in [0.15, 0.2) is 5.60 Å². The van der Waals surface area contributed by atoms with E-state index in [1.54, 1.807) is 7.11 Å². The predicted octanol–water partition coefficient (Wildman–Crippen LogP) is 12.5. The van der Waals surface area contributed by atoms with Crippen molar-refractivity contribution in [3.05, 3.63) is 179 Å². The van der Waals surface area contributed by atoms with Crippen LogP contribution in [0.3, 0.4) is 0 Å². The van der Waals surface area contributed by atoms with Crippen molar-refractivity contribution in [2.24, 2.45) is 0 Å². The molecule has 7 aromatic rings. The van der Waals surface area contributed by atoms with Gasteiger partial charge in [0.05, 0.1) is 20.3 Å². The Labute approximate surface area is 336 Å². The minimum atomic E-state index is -0.886. The molecule has 1 aliphatic carbocycles. The van der Waals surface area contributed by atoms with E-state index >= 15 is 0 Å². The quantitative estimate of drug-likeness (QED) is 0.155.